The lowest BCUT2D eigenvalue weighted by Gasteiger charge is -2.15. The van der Waals surface area contributed by atoms with E-state index in [0.29, 0.717) is 10.0 Å². The van der Waals surface area contributed by atoms with Gasteiger partial charge in [-0.15, -0.1) is 0 Å². The third kappa shape index (κ3) is 3.67. The molecule has 0 aliphatic heterocycles. The van der Waals surface area contributed by atoms with Crippen molar-refractivity contribution in [3.63, 3.8) is 0 Å². The third-order valence-corrected chi connectivity index (χ3v) is 4.70. The molecule has 0 heterocycles. The summed E-state index contributed by atoms with van der Waals surface area (Å²) < 4.78 is 0. The molecule has 4 heteroatoms. The van der Waals surface area contributed by atoms with Gasteiger partial charge >= 0.3 is 0 Å². The monoisotopic (exact) mass is 311 g/mol. The molecule has 0 amide bonds. The van der Waals surface area contributed by atoms with Crippen molar-refractivity contribution in [2.75, 3.05) is 0 Å². The molecular formula is C15H15Cl2NS. The van der Waals surface area contributed by atoms with Crippen molar-refractivity contribution < 1.29 is 0 Å². The van der Waals surface area contributed by atoms with E-state index in [1.165, 1.54) is 0 Å². The predicted octanol–water partition coefficient (Wildman–Crippen LogP) is 5.55. The van der Waals surface area contributed by atoms with E-state index in [-0.39, 0.29) is 6.04 Å². The van der Waals surface area contributed by atoms with Crippen LogP contribution in [-0.4, -0.2) is 0 Å². The molecule has 0 fully saturated rings. The number of hydrogen-bond donors (Lipinski definition) is 1. The smallest absolute Gasteiger partial charge is 0.0546 e. The van der Waals surface area contributed by atoms with Crippen molar-refractivity contribution in [1.29, 1.82) is 0 Å². The summed E-state index contributed by atoms with van der Waals surface area (Å²) in [5, 5.41) is 1.39. The van der Waals surface area contributed by atoms with E-state index >= 15 is 0 Å². The molecule has 0 bridgehead atoms. The SMILES string of the molecule is CCC(N)c1ccccc1Sc1cc(Cl)ccc1Cl. The highest BCUT2D eigenvalue weighted by Crippen LogP contribution is 2.38. The molecule has 19 heavy (non-hydrogen) atoms. The first-order valence-electron chi connectivity index (χ1n) is 6.09. The number of rotatable bonds is 4. The molecule has 2 N–H and O–H groups in total. The van der Waals surface area contributed by atoms with Gasteiger partial charge in [-0.3, -0.25) is 0 Å². The Labute approximate surface area is 128 Å². The molecule has 2 aromatic carbocycles. The summed E-state index contributed by atoms with van der Waals surface area (Å²) >= 11 is 13.8. The lowest BCUT2D eigenvalue weighted by Crippen LogP contribution is -2.09. The van der Waals surface area contributed by atoms with Gasteiger partial charge in [0.25, 0.3) is 0 Å². The van der Waals surface area contributed by atoms with Crippen LogP contribution in [0.4, 0.5) is 0 Å². The van der Waals surface area contributed by atoms with Gasteiger partial charge < -0.3 is 5.73 Å². The minimum Gasteiger partial charge on any atom is -0.324 e. The topological polar surface area (TPSA) is 26.0 Å². The molecule has 0 spiro atoms. The highest BCUT2D eigenvalue weighted by Gasteiger charge is 2.11. The zero-order valence-electron chi connectivity index (χ0n) is 10.6. The van der Waals surface area contributed by atoms with Crippen LogP contribution in [0.15, 0.2) is 52.3 Å². The predicted molar refractivity (Wildman–Crippen MR) is 84.2 cm³/mol. The minimum absolute atomic E-state index is 0.0432. The first kappa shape index (κ1) is 14.7. The van der Waals surface area contributed by atoms with Gasteiger partial charge in [-0.25, -0.2) is 0 Å². The fourth-order valence-electron chi connectivity index (χ4n) is 1.77. The average Bonchev–Trinajstić information content (AvgIpc) is 2.42. The Morgan fingerprint density at radius 3 is 2.58 bits per heavy atom. The van der Waals surface area contributed by atoms with Crippen molar-refractivity contribution in [3.05, 3.63) is 58.1 Å². The molecule has 0 aliphatic carbocycles. The standard InChI is InChI=1S/C15H15Cl2NS/c1-2-13(18)11-5-3-4-6-14(11)19-15-9-10(16)7-8-12(15)17/h3-9,13H,2,18H2,1H3. The first-order chi connectivity index (χ1) is 9.11. The van der Waals surface area contributed by atoms with Crippen LogP contribution in [0.3, 0.4) is 0 Å². The van der Waals surface area contributed by atoms with E-state index in [1.54, 1.807) is 17.8 Å². The molecule has 0 saturated carbocycles. The van der Waals surface area contributed by atoms with Crippen molar-refractivity contribution in [2.45, 2.75) is 29.2 Å². The fraction of sp³-hybridized carbons (Fsp3) is 0.200. The Balaban J connectivity index is 2.35. The van der Waals surface area contributed by atoms with Gasteiger partial charge in [0, 0.05) is 20.9 Å². The molecular weight excluding hydrogens is 297 g/mol. The molecule has 0 radical (unpaired) electrons. The summed E-state index contributed by atoms with van der Waals surface area (Å²) in [6.45, 7) is 2.08. The van der Waals surface area contributed by atoms with Crippen LogP contribution in [0.1, 0.15) is 24.9 Å². The van der Waals surface area contributed by atoms with E-state index in [0.717, 1.165) is 21.8 Å². The summed E-state index contributed by atoms with van der Waals surface area (Å²) in [6.07, 6.45) is 0.904. The number of benzene rings is 2. The average molecular weight is 312 g/mol. The maximum atomic E-state index is 6.20. The van der Waals surface area contributed by atoms with Crippen LogP contribution in [0.25, 0.3) is 0 Å². The van der Waals surface area contributed by atoms with Crippen LogP contribution in [0.2, 0.25) is 10.0 Å². The maximum Gasteiger partial charge on any atom is 0.0546 e. The summed E-state index contributed by atoms with van der Waals surface area (Å²) in [6, 6.07) is 13.7. The van der Waals surface area contributed by atoms with Crippen LogP contribution < -0.4 is 5.73 Å². The van der Waals surface area contributed by atoms with Crippen LogP contribution in [0, 0.1) is 0 Å². The Morgan fingerprint density at radius 2 is 1.84 bits per heavy atom. The van der Waals surface area contributed by atoms with Gasteiger partial charge in [0.1, 0.15) is 0 Å². The Bertz CT molecular complexity index is 572. The van der Waals surface area contributed by atoms with E-state index in [4.69, 9.17) is 28.9 Å². The van der Waals surface area contributed by atoms with Crippen LogP contribution >= 0.6 is 35.0 Å². The van der Waals surface area contributed by atoms with E-state index in [9.17, 15) is 0 Å². The lowest BCUT2D eigenvalue weighted by molar-refractivity contribution is 0.685. The van der Waals surface area contributed by atoms with Crippen molar-refractivity contribution in [1.82, 2.24) is 0 Å². The number of hydrogen-bond acceptors (Lipinski definition) is 2. The summed E-state index contributed by atoms with van der Waals surface area (Å²) in [4.78, 5) is 2.07. The molecule has 0 aliphatic rings. The minimum atomic E-state index is 0.0432. The molecule has 100 valence electrons. The lowest BCUT2D eigenvalue weighted by atomic mass is 10.1. The van der Waals surface area contributed by atoms with E-state index < -0.39 is 0 Å². The van der Waals surface area contributed by atoms with Gasteiger partial charge in [-0.05, 0) is 36.2 Å². The Hall–Kier alpha value is -0.670. The quantitative estimate of drug-likeness (QED) is 0.800. The number of halogens is 2. The molecule has 2 aromatic rings. The van der Waals surface area contributed by atoms with E-state index in [2.05, 4.69) is 19.1 Å². The van der Waals surface area contributed by atoms with E-state index in [1.807, 2.05) is 24.3 Å². The second kappa shape index (κ2) is 6.67. The molecule has 1 unspecified atom stereocenters. The van der Waals surface area contributed by atoms with Gasteiger partial charge in [-0.1, -0.05) is 60.1 Å². The zero-order chi connectivity index (χ0) is 13.8. The summed E-state index contributed by atoms with van der Waals surface area (Å²) in [5.74, 6) is 0. The van der Waals surface area contributed by atoms with Crippen molar-refractivity contribution in [3.8, 4) is 0 Å². The number of nitrogens with two attached hydrogens (primary N) is 1. The molecule has 2 rings (SSSR count). The van der Waals surface area contributed by atoms with Gasteiger partial charge in [0.05, 0.1) is 5.02 Å². The molecule has 1 atom stereocenters. The van der Waals surface area contributed by atoms with Crippen LogP contribution in [-0.2, 0) is 0 Å². The molecule has 0 saturated heterocycles. The maximum absolute atomic E-state index is 6.20. The largest absolute Gasteiger partial charge is 0.324 e. The Morgan fingerprint density at radius 1 is 1.11 bits per heavy atom. The second-order valence-corrected chi connectivity index (χ2v) is 6.16. The van der Waals surface area contributed by atoms with Gasteiger partial charge in [0.2, 0.25) is 0 Å². The van der Waals surface area contributed by atoms with Crippen molar-refractivity contribution in [2.24, 2.45) is 5.73 Å². The third-order valence-electron chi connectivity index (χ3n) is 2.87. The van der Waals surface area contributed by atoms with Gasteiger partial charge in [0.15, 0.2) is 0 Å². The van der Waals surface area contributed by atoms with Gasteiger partial charge in [-0.2, -0.15) is 0 Å². The summed E-state index contributed by atoms with van der Waals surface area (Å²) in [7, 11) is 0. The molecule has 1 nitrogen and oxygen atoms in total. The van der Waals surface area contributed by atoms with Crippen LogP contribution in [0.5, 0.6) is 0 Å². The second-order valence-electron chi connectivity index (χ2n) is 4.23. The molecule has 0 aromatic heterocycles. The first-order valence-corrected chi connectivity index (χ1v) is 7.66. The highest BCUT2D eigenvalue weighted by atomic mass is 35.5. The highest BCUT2D eigenvalue weighted by molar-refractivity contribution is 7.99. The fourth-order valence-corrected chi connectivity index (χ4v) is 3.32. The zero-order valence-corrected chi connectivity index (χ0v) is 12.9. The summed E-state index contributed by atoms with van der Waals surface area (Å²) in [5.41, 5.74) is 7.29. The van der Waals surface area contributed by atoms with Crippen molar-refractivity contribution >= 4 is 35.0 Å². The Kier molecular flexibility index (Phi) is 5.17. The normalized spacial score (nSPS) is 12.4.